The number of hydrogen-bond acceptors (Lipinski definition) is 6. The van der Waals surface area contributed by atoms with E-state index in [1.807, 2.05) is 30.0 Å². The maximum absolute atomic E-state index is 12.8. The number of aryl methyl sites for hydroxylation is 1. The lowest BCUT2D eigenvalue weighted by atomic mass is 10.0. The van der Waals surface area contributed by atoms with Gasteiger partial charge in [-0.1, -0.05) is 19.0 Å². The molecule has 1 fully saturated rings. The number of nitrogens with zero attached hydrogens (tertiary/aromatic N) is 3. The van der Waals surface area contributed by atoms with Crippen LogP contribution < -0.4 is 4.74 Å². The average Bonchev–Trinajstić information content (AvgIpc) is 3.14. The van der Waals surface area contributed by atoms with Crippen LogP contribution in [0.5, 0.6) is 5.75 Å². The predicted molar refractivity (Wildman–Crippen MR) is 109 cm³/mol. The molecule has 1 amide bonds. The number of rotatable bonds is 8. The van der Waals surface area contributed by atoms with Gasteiger partial charge in [0.2, 0.25) is 5.89 Å². The van der Waals surface area contributed by atoms with Gasteiger partial charge in [0.15, 0.2) is 5.82 Å². The van der Waals surface area contributed by atoms with Crippen LogP contribution in [0.25, 0.3) is 0 Å². The van der Waals surface area contributed by atoms with Gasteiger partial charge in [0.1, 0.15) is 5.75 Å². The summed E-state index contributed by atoms with van der Waals surface area (Å²) in [4.78, 5) is 19.1. The maximum Gasteiger partial charge on any atom is 0.254 e. The van der Waals surface area contributed by atoms with E-state index < -0.39 is 0 Å². The molecule has 0 unspecified atom stereocenters. The first-order valence-electron chi connectivity index (χ1n) is 10.3. The molecule has 0 bridgehead atoms. The van der Waals surface area contributed by atoms with Crippen molar-refractivity contribution in [3.8, 4) is 5.75 Å². The minimum atomic E-state index is 0.0769. The van der Waals surface area contributed by atoms with Gasteiger partial charge >= 0.3 is 0 Å². The molecule has 0 atom stereocenters. The van der Waals surface area contributed by atoms with Gasteiger partial charge in [0.25, 0.3) is 5.91 Å². The molecule has 1 aromatic heterocycles. The first-order valence-corrected chi connectivity index (χ1v) is 10.3. The highest BCUT2D eigenvalue weighted by Crippen LogP contribution is 2.21. The molecule has 1 aliphatic rings. The van der Waals surface area contributed by atoms with Gasteiger partial charge in [-0.2, -0.15) is 4.98 Å². The third-order valence-electron chi connectivity index (χ3n) is 5.17. The minimum absolute atomic E-state index is 0.0769. The van der Waals surface area contributed by atoms with E-state index in [0.29, 0.717) is 43.8 Å². The lowest BCUT2D eigenvalue weighted by Gasteiger charge is -2.32. The van der Waals surface area contributed by atoms with Crippen LogP contribution in [0.1, 0.15) is 54.3 Å². The lowest BCUT2D eigenvalue weighted by Crippen LogP contribution is -2.41. The molecule has 1 saturated heterocycles. The summed E-state index contributed by atoms with van der Waals surface area (Å²) < 4.78 is 16.5. The average molecular weight is 402 g/mol. The van der Waals surface area contributed by atoms with Crippen molar-refractivity contribution in [2.75, 3.05) is 26.8 Å². The summed E-state index contributed by atoms with van der Waals surface area (Å²) in [6.45, 7) is 8.17. The molecule has 0 saturated carbocycles. The van der Waals surface area contributed by atoms with Crippen molar-refractivity contribution in [1.82, 2.24) is 15.0 Å². The van der Waals surface area contributed by atoms with E-state index in [1.165, 1.54) is 0 Å². The van der Waals surface area contributed by atoms with Crippen LogP contribution in [0.15, 0.2) is 22.7 Å². The Bertz CT molecular complexity index is 810. The minimum Gasteiger partial charge on any atom is -0.497 e. The highest BCUT2D eigenvalue weighted by Gasteiger charge is 2.25. The van der Waals surface area contributed by atoms with Crippen molar-refractivity contribution in [3.05, 3.63) is 41.0 Å². The summed E-state index contributed by atoms with van der Waals surface area (Å²) in [5.41, 5.74) is 1.67. The van der Waals surface area contributed by atoms with Crippen LogP contribution >= 0.6 is 0 Å². The van der Waals surface area contributed by atoms with E-state index in [1.54, 1.807) is 7.11 Å². The third-order valence-corrected chi connectivity index (χ3v) is 5.17. The number of piperidine rings is 1. The first-order chi connectivity index (χ1) is 14.0. The molecular formula is C22H31N3O4. The Morgan fingerprint density at radius 3 is 2.72 bits per heavy atom. The second-order valence-corrected chi connectivity index (χ2v) is 8.00. The number of carbonyl (C=O) groups excluding carboxylic acids is 1. The van der Waals surface area contributed by atoms with E-state index in [-0.39, 0.29) is 12.0 Å². The van der Waals surface area contributed by atoms with Gasteiger partial charge in [-0.25, -0.2) is 0 Å². The highest BCUT2D eigenvalue weighted by molar-refractivity contribution is 5.95. The highest BCUT2D eigenvalue weighted by atomic mass is 16.5. The molecule has 7 heteroatoms. The first kappa shape index (κ1) is 21.3. The van der Waals surface area contributed by atoms with E-state index >= 15 is 0 Å². The van der Waals surface area contributed by atoms with E-state index in [4.69, 9.17) is 14.0 Å². The lowest BCUT2D eigenvalue weighted by molar-refractivity contribution is 0.00945. The number of carbonyl (C=O) groups is 1. The fourth-order valence-corrected chi connectivity index (χ4v) is 3.54. The Labute approximate surface area is 172 Å². The monoisotopic (exact) mass is 401 g/mol. The molecule has 1 aromatic carbocycles. The van der Waals surface area contributed by atoms with Crippen molar-refractivity contribution in [1.29, 1.82) is 0 Å². The molecule has 1 aliphatic heterocycles. The Hall–Kier alpha value is -2.41. The van der Waals surface area contributed by atoms with Crippen LogP contribution in [0, 0.1) is 12.8 Å². The Morgan fingerprint density at radius 1 is 1.31 bits per heavy atom. The van der Waals surface area contributed by atoms with E-state index in [0.717, 1.165) is 36.1 Å². The number of amides is 1. The van der Waals surface area contributed by atoms with Crippen LogP contribution in [0.3, 0.4) is 0 Å². The van der Waals surface area contributed by atoms with Crippen molar-refractivity contribution in [2.45, 2.75) is 52.6 Å². The summed E-state index contributed by atoms with van der Waals surface area (Å²) in [6, 6.07) is 5.58. The number of hydrogen-bond donors (Lipinski definition) is 0. The van der Waals surface area contributed by atoms with Crippen LogP contribution in [0.4, 0.5) is 0 Å². The standard InChI is InChI=1S/C22H31N3O4/c1-15(2)13-21-23-20(24-29-21)9-12-28-17-7-10-25(11-8-17)22(26)19-6-5-18(27-4)14-16(19)3/h5-6,14-15,17H,7-13H2,1-4H3. The van der Waals surface area contributed by atoms with E-state index in [9.17, 15) is 4.79 Å². The number of methoxy groups -OCH3 is 1. The summed E-state index contributed by atoms with van der Waals surface area (Å²) >= 11 is 0. The van der Waals surface area contributed by atoms with Crippen LogP contribution in [-0.2, 0) is 17.6 Å². The normalized spacial score (nSPS) is 15.1. The van der Waals surface area contributed by atoms with Gasteiger partial charge in [0, 0.05) is 31.5 Å². The Balaban J connectivity index is 1.42. The SMILES string of the molecule is COc1ccc(C(=O)N2CCC(OCCc3noc(CC(C)C)n3)CC2)c(C)c1. The zero-order valence-electron chi connectivity index (χ0n) is 17.8. The smallest absolute Gasteiger partial charge is 0.254 e. The van der Waals surface area contributed by atoms with Gasteiger partial charge < -0.3 is 18.9 Å². The topological polar surface area (TPSA) is 77.7 Å². The van der Waals surface area contributed by atoms with Gasteiger partial charge in [-0.05, 0) is 49.4 Å². The molecule has 7 nitrogen and oxygen atoms in total. The van der Waals surface area contributed by atoms with Crippen molar-refractivity contribution < 1.29 is 18.8 Å². The molecule has 0 aliphatic carbocycles. The molecule has 2 aromatic rings. The zero-order valence-corrected chi connectivity index (χ0v) is 17.8. The van der Waals surface area contributed by atoms with Crippen molar-refractivity contribution in [2.24, 2.45) is 5.92 Å². The summed E-state index contributed by atoms with van der Waals surface area (Å²) in [7, 11) is 1.63. The molecular weight excluding hydrogens is 370 g/mol. The summed E-state index contributed by atoms with van der Waals surface area (Å²) in [5, 5.41) is 4.01. The number of likely N-dealkylation sites (tertiary alicyclic amines) is 1. The Morgan fingerprint density at radius 2 is 2.07 bits per heavy atom. The summed E-state index contributed by atoms with van der Waals surface area (Å²) in [6.07, 6.45) is 3.29. The summed E-state index contributed by atoms with van der Waals surface area (Å²) in [5.74, 6) is 2.73. The third kappa shape index (κ3) is 5.79. The van der Waals surface area contributed by atoms with Crippen molar-refractivity contribution >= 4 is 5.91 Å². The number of benzene rings is 1. The molecule has 158 valence electrons. The Kier molecular flexibility index (Phi) is 7.25. The van der Waals surface area contributed by atoms with Gasteiger partial charge in [-0.15, -0.1) is 0 Å². The quantitative estimate of drug-likeness (QED) is 0.674. The molecule has 0 N–H and O–H groups in total. The molecule has 0 spiro atoms. The van der Waals surface area contributed by atoms with E-state index in [2.05, 4.69) is 24.0 Å². The molecule has 3 rings (SSSR count). The van der Waals surface area contributed by atoms with Gasteiger partial charge in [-0.3, -0.25) is 4.79 Å². The molecule has 29 heavy (non-hydrogen) atoms. The zero-order chi connectivity index (χ0) is 20.8. The number of ether oxygens (including phenoxy) is 2. The second kappa shape index (κ2) is 9.87. The second-order valence-electron chi connectivity index (χ2n) is 8.00. The van der Waals surface area contributed by atoms with Crippen molar-refractivity contribution in [3.63, 3.8) is 0 Å². The van der Waals surface area contributed by atoms with Crippen LogP contribution in [0.2, 0.25) is 0 Å². The fraction of sp³-hybridized carbons (Fsp3) is 0.591. The van der Waals surface area contributed by atoms with Crippen LogP contribution in [-0.4, -0.2) is 53.9 Å². The predicted octanol–water partition coefficient (Wildman–Crippen LogP) is 3.45. The largest absolute Gasteiger partial charge is 0.497 e. The molecule has 2 heterocycles. The molecule has 0 radical (unpaired) electrons. The maximum atomic E-state index is 12.8. The fourth-order valence-electron chi connectivity index (χ4n) is 3.54. The number of aromatic nitrogens is 2. The van der Waals surface area contributed by atoms with Gasteiger partial charge in [0.05, 0.1) is 19.8 Å².